The Morgan fingerprint density at radius 3 is 2.41 bits per heavy atom. The molecule has 1 aliphatic rings. The van der Waals surface area contributed by atoms with Gasteiger partial charge in [0, 0.05) is 30.0 Å². The number of phenols is 1. The van der Waals surface area contributed by atoms with Gasteiger partial charge in [-0.2, -0.15) is 0 Å². The molecule has 0 aliphatic carbocycles. The van der Waals surface area contributed by atoms with E-state index in [4.69, 9.17) is 5.73 Å². The molecule has 9 nitrogen and oxygen atoms in total. The van der Waals surface area contributed by atoms with Crippen LogP contribution >= 0.6 is 0 Å². The first-order valence-corrected chi connectivity index (χ1v) is 11.1. The SMILES string of the molecule is CCCCCN(C=O)c1ccc(N2CCC(=C(N)C(=O)O)C(=Nc3ccc(O)cc3)C2=O)cc1. The number of phenolic OH excluding ortho intramolecular Hbond substituents is 1. The molecule has 2 aromatic rings. The van der Waals surface area contributed by atoms with Crippen molar-refractivity contribution in [2.75, 3.05) is 22.9 Å². The fourth-order valence-electron chi connectivity index (χ4n) is 3.71. The van der Waals surface area contributed by atoms with Gasteiger partial charge in [0.1, 0.15) is 17.2 Å². The minimum Gasteiger partial charge on any atom is -0.508 e. The van der Waals surface area contributed by atoms with Crippen LogP contribution in [0.3, 0.4) is 0 Å². The number of hydrogen-bond acceptors (Lipinski definition) is 6. The van der Waals surface area contributed by atoms with Crippen molar-refractivity contribution in [1.82, 2.24) is 0 Å². The van der Waals surface area contributed by atoms with Crippen LogP contribution in [0.1, 0.15) is 32.6 Å². The third-order valence-electron chi connectivity index (χ3n) is 5.59. The van der Waals surface area contributed by atoms with Crippen molar-refractivity contribution >= 4 is 41.1 Å². The number of nitrogens with zero attached hydrogens (tertiary/aromatic N) is 3. The largest absolute Gasteiger partial charge is 0.508 e. The van der Waals surface area contributed by atoms with Crippen LogP contribution in [-0.2, 0) is 14.4 Å². The molecule has 4 N–H and O–H groups in total. The maximum absolute atomic E-state index is 13.4. The standard InChI is InChI=1S/C25H28N4O5/c1-2-3-4-14-28(16-30)18-7-9-19(10-8-18)29-15-13-21(22(26)25(33)34)23(24(29)32)27-17-5-11-20(31)12-6-17/h5-12,16,31H,2-4,13-15,26H2,1H3,(H,33,34). The van der Waals surface area contributed by atoms with Gasteiger partial charge in [0.15, 0.2) is 0 Å². The highest BCUT2D eigenvalue weighted by Gasteiger charge is 2.32. The van der Waals surface area contributed by atoms with Crippen LogP contribution in [0.15, 0.2) is 64.8 Å². The van der Waals surface area contributed by atoms with Crippen molar-refractivity contribution in [2.45, 2.75) is 32.6 Å². The van der Waals surface area contributed by atoms with Gasteiger partial charge in [-0.3, -0.25) is 9.59 Å². The van der Waals surface area contributed by atoms with E-state index in [9.17, 15) is 24.6 Å². The lowest BCUT2D eigenvalue weighted by atomic mass is 9.97. The van der Waals surface area contributed by atoms with E-state index in [0.717, 1.165) is 31.4 Å². The van der Waals surface area contributed by atoms with Crippen molar-refractivity contribution in [3.05, 3.63) is 59.8 Å². The van der Waals surface area contributed by atoms with Gasteiger partial charge in [-0.25, -0.2) is 9.79 Å². The summed E-state index contributed by atoms with van der Waals surface area (Å²) < 4.78 is 0. The van der Waals surface area contributed by atoms with Crippen molar-refractivity contribution in [1.29, 1.82) is 0 Å². The Balaban J connectivity index is 1.91. The molecule has 0 atom stereocenters. The summed E-state index contributed by atoms with van der Waals surface area (Å²) in [6.45, 7) is 2.94. The van der Waals surface area contributed by atoms with E-state index in [1.165, 1.54) is 29.2 Å². The number of anilines is 2. The van der Waals surface area contributed by atoms with Crippen LogP contribution in [0.5, 0.6) is 5.75 Å². The van der Waals surface area contributed by atoms with E-state index in [2.05, 4.69) is 11.9 Å². The summed E-state index contributed by atoms with van der Waals surface area (Å²) in [5.74, 6) is -1.77. The molecule has 1 fully saturated rings. The molecule has 1 heterocycles. The van der Waals surface area contributed by atoms with Crippen LogP contribution in [0.25, 0.3) is 0 Å². The summed E-state index contributed by atoms with van der Waals surface area (Å²) in [6.07, 6.45) is 3.99. The van der Waals surface area contributed by atoms with Crippen molar-refractivity contribution in [3.8, 4) is 5.75 Å². The topological polar surface area (TPSA) is 137 Å². The predicted molar refractivity (Wildman–Crippen MR) is 130 cm³/mol. The quantitative estimate of drug-likeness (QED) is 0.296. The smallest absolute Gasteiger partial charge is 0.352 e. The summed E-state index contributed by atoms with van der Waals surface area (Å²) in [7, 11) is 0. The predicted octanol–water partition coefficient (Wildman–Crippen LogP) is 3.35. The number of piperidine rings is 1. The van der Waals surface area contributed by atoms with Crippen molar-refractivity contribution in [3.63, 3.8) is 0 Å². The highest BCUT2D eigenvalue weighted by atomic mass is 16.4. The minimum absolute atomic E-state index is 0.0421. The molecule has 178 valence electrons. The summed E-state index contributed by atoms with van der Waals surface area (Å²) in [5.41, 5.74) is 7.16. The van der Waals surface area contributed by atoms with Gasteiger partial charge < -0.3 is 25.7 Å². The summed E-state index contributed by atoms with van der Waals surface area (Å²) in [5, 5.41) is 18.9. The number of carboxylic acid groups (broad SMARTS) is 1. The molecule has 0 bridgehead atoms. The van der Waals surface area contributed by atoms with Crippen LogP contribution in [0, 0.1) is 0 Å². The molecule has 34 heavy (non-hydrogen) atoms. The van der Waals surface area contributed by atoms with Gasteiger partial charge in [0.25, 0.3) is 5.91 Å². The number of hydrogen-bond donors (Lipinski definition) is 3. The second kappa shape index (κ2) is 11.1. The van der Waals surface area contributed by atoms with Gasteiger partial charge in [-0.1, -0.05) is 19.8 Å². The third-order valence-corrected chi connectivity index (χ3v) is 5.59. The molecule has 0 saturated carbocycles. The summed E-state index contributed by atoms with van der Waals surface area (Å²) in [6, 6.07) is 12.9. The molecule has 0 radical (unpaired) electrons. The lowest BCUT2D eigenvalue weighted by molar-refractivity contribution is -0.132. The van der Waals surface area contributed by atoms with Gasteiger partial charge in [0.2, 0.25) is 6.41 Å². The van der Waals surface area contributed by atoms with E-state index >= 15 is 0 Å². The fraction of sp³-hybridized carbons (Fsp3) is 0.280. The monoisotopic (exact) mass is 464 g/mol. The molecule has 1 saturated heterocycles. The van der Waals surface area contributed by atoms with Crippen LogP contribution in [0.2, 0.25) is 0 Å². The second-order valence-corrected chi connectivity index (χ2v) is 7.90. The number of carboxylic acids is 1. The van der Waals surface area contributed by atoms with Gasteiger partial charge >= 0.3 is 5.97 Å². The fourth-order valence-corrected chi connectivity index (χ4v) is 3.71. The van der Waals surface area contributed by atoms with Crippen molar-refractivity contribution in [2.24, 2.45) is 10.7 Å². The molecule has 3 rings (SSSR count). The van der Waals surface area contributed by atoms with Crippen LogP contribution in [0.4, 0.5) is 17.1 Å². The maximum atomic E-state index is 13.4. The lowest BCUT2D eigenvalue weighted by Gasteiger charge is -2.30. The number of aromatic hydroxyl groups is 1. The zero-order valence-corrected chi connectivity index (χ0v) is 19.0. The summed E-state index contributed by atoms with van der Waals surface area (Å²) >= 11 is 0. The molecule has 0 spiro atoms. The first kappa shape index (κ1) is 24.5. The number of carbonyl (C=O) groups excluding carboxylic acids is 2. The molecular weight excluding hydrogens is 436 g/mol. The Kier molecular flexibility index (Phi) is 8.02. The summed E-state index contributed by atoms with van der Waals surface area (Å²) in [4.78, 5) is 43.9. The lowest BCUT2D eigenvalue weighted by Crippen LogP contribution is -2.44. The Morgan fingerprint density at radius 1 is 1.15 bits per heavy atom. The average Bonchev–Trinajstić information content (AvgIpc) is 2.84. The van der Waals surface area contributed by atoms with Gasteiger partial charge in [-0.05, 0) is 61.4 Å². The van der Waals surface area contributed by atoms with E-state index in [1.807, 2.05) is 0 Å². The molecule has 0 unspecified atom stereocenters. The minimum atomic E-state index is -1.32. The Morgan fingerprint density at radius 2 is 1.82 bits per heavy atom. The van der Waals surface area contributed by atoms with E-state index < -0.39 is 17.6 Å². The zero-order valence-electron chi connectivity index (χ0n) is 19.0. The van der Waals surface area contributed by atoms with E-state index in [-0.39, 0.29) is 30.0 Å². The molecule has 1 aliphatic heterocycles. The number of nitrogens with two attached hydrogens (primary N) is 1. The molecule has 9 heteroatoms. The number of carbonyl (C=O) groups is 3. The number of aliphatic carboxylic acids is 1. The van der Waals surface area contributed by atoms with Gasteiger partial charge in [-0.15, -0.1) is 0 Å². The number of unbranched alkanes of at least 4 members (excludes halogenated alkanes) is 2. The number of rotatable bonds is 9. The molecule has 2 amide bonds. The number of benzene rings is 2. The van der Waals surface area contributed by atoms with E-state index in [1.54, 1.807) is 29.2 Å². The molecular formula is C25H28N4O5. The third kappa shape index (κ3) is 5.61. The highest BCUT2D eigenvalue weighted by molar-refractivity contribution is 6.51. The Hall–Kier alpha value is -4.14. The number of amides is 2. The highest BCUT2D eigenvalue weighted by Crippen LogP contribution is 2.28. The van der Waals surface area contributed by atoms with Crippen LogP contribution in [-0.4, -0.2) is 47.3 Å². The maximum Gasteiger partial charge on any atom is 0.352 e. The Bertz CT molecular complexity index is 1110. The van der Waals surface area contributed by atoms with Crippen molar-refractivity contribution < 1.29 is 24.6 Å². The average molecular weight is 465 g/mol. The molecule has 0 aromatic heterocycles. The normalized spacial score (nSPS) is 16.4. The van der Waals surface area contributed by atoms with Crippen LogP contribution < -0.4 is 15.5 Å². The molecule has 2 aromatic carbocycles. The Labute approximate surface area is 197 Å². The number of aliphatic imine (C=N–C) groups is 1. The van der Waals surface area contributed by atoms with E-state index in [0.29, 0.717) is 17.9 Å². The first-order valence-electron chi connectivity index (χ1n) is 11.1. The zero-order chi connectivity index (χ0) is 24.7. The van der Waals surface area contributed by atoms with Gasteiger partial charge in [0.05, 0.1) is 5.69 Å². The first-order chi connectivity index (χ1) is 16.3. The second-order valence-electron chi connectivity index (χ2n) is 7.90.